The van der Waals surface area contributed by atoms with E-state index in [0.717, 1.165) is 56.6 Å². The molecule has 1 aliphatic heterocycles. The molecule has 1 heterocycles. The van der Waals surface area contributed by atoms with Gasteiger partial charge in [-0.2, -0.15) is 0 Å². The summed E-state index contributed by atoms with van der Waals surface area (Å²) >= 11 is 0. The lowest BCUT2D eigenvalue weighted by Gasteiger charge is -2.26. The number of unbranched alkanes of at least 4 members (excludes halogenated alkanes) is 1. The van der Waals surface area contributed by atoms with Crippen LogP contribution in [-0.4, -0.2) is 63.2 Å². The van der Waals surface area contributed by atoms with Crippen LogP contribution in [0.2, 0.25) is 0 Å². The van der Waals surface area contributed by atoms with Gasteiger partial charge in [0.25, 0.3) is 0 Å². The van der Waals surface area contributed by atoms with Crippen LogP contribution in [0, 0.1) is 5.92 Å². The quantitative estimate of drug-likeness (QED) is 0.206. The number of benzene rings is 1. The predicted octanol–water partition coefficient (Wildman–Crippen LogP) is 3.85. The van der Waals surface area contributed by atoms with E-state index in [1.54, 1.807) is 7.05 Å². The molecular weight excluding hydrogens is 517 g/mol. The molecule has 1 aromatic rings. The van der Waals surface area contributed by atoms with Crippen molar-refractivity contribution in [3.63, 3.8) is 0 Å². The maximum Gasteiger partial charge on any atom is 0.225 e. The van der Waals surface area contributed by atoms with Crippen molar-refractivity contribution in [2.75, 3.05) is 51.8 Å². The minimum absolute atomic E-state index is 0. The summed E-state index contributed by atoms with van der Waals surface area (Å²) < 4.78 is 5.35. The van der Waals surface area contributed by atoms with Crippen molar-refractivity contribution in [1.82, 2.24) is 15.5 Å². The summed E-state index contributed by atoms with van der Waals surface area (Å²) in [6.45, 7) is 10.2. The van der Waals surface area contributed by atoms with Crippen LogP contribution in [0.25, 0.3) is 0 Å². The molecule has 1 saturated heterocycles. The number of morpholine rings is 1. The second-order valence-electron chi connectivity index (χ2n) is 8.18. The van der Waals surface area contributed by atoms with Gasteiger partial charge < -0.3 is 20.7 Å². The fourth-order valence-corrected chi connectivity index (χ4v) is 3.66. The molecule has 0 spiro atoms. The first-order valence-electron chi connectivity index (χ1n) is 11.8. The molecule has 1 unspecified atom stereocenters. The summed E-state index contributed by atoms with van der Waals surface area (Å²) in [5, 5.41) is 9.85. The lowest BCUT2D eigenvalue weighted by atomic mass is 9.99. The number of ether oxygens (including phenoxy) is 1. The van der Waals surface area contributed by atoms with E-state index in [9.17, 15) is 4.79 Å². The smallest absolute Gasteiger partial charge is 0.225 e. The van der Waals surface area contributed by atoms with E-state index in [-0.39, 0.29) is 29.9 Å². The number of halogens is 1. The number of anilines is 1. The van der Waals surface area contributed by atoms with Crippen molar-refractivity contribution >= 4 is 41.5 Å². The Bertz CT molecular complexity index is 680. The summed E-state index contributed by atoms with van der Waals surface area (Å²) in [4.78, 5) is 18.9. The number of carbonyl (C=O) groups excluding carboxylic acids is 1. The summed E-state index contributed by atoms with van der Waals surface area (Å²) in [6, 6.07) is 7.98. The third kappa shape index (κ3) is 11.5. The largest absolute Gasteiger partial charge is 0.379 e. The molecule has 1 atom stereocenters. The van der Waals surface area contributed by atoms with Crippen molar-refractivity contribution < 1.29 is 9.53 Å². The van der Waals surface area contributed by atoms with Crippen LogP contribution in [0.15, 0.2) is 29.3 Å². The van der Waals surface area contributed by atoms with E-state index >= 15 is 0 Å². The lowest BCUT2D eigenvalue weighted by Crippen LogP contribution is -2.39. The molecule has 1 aliphatic rings. The van der Waals surface area contributed by atoms with Crippen LogP contribution in [-0.2, 0) is 16.1 Å². The van der Waals surface area contributed by atoms with E-state index < -0.39 is 0 Å². The van der Waals surface area contributed by atoms with E-state index in [1.807, 2.05) is 18.2 Å². The average Bonchev–Trinajstić information content (AvgIpc) is 2.80. The normalized spacial score (nSPS) is 15.5. The third-order valence-electron chi connectivity index (χ3n) is 5.75. The van der Waals surface area contributed by atoms with E-state index in [0.29, 0.717) is 18.9 Å². The van der Waals surface area contributed by atoms with Crippen LogP contribution in [0.1, 0.15) is 51.5 Å². The first kappa shape index (κ1) is 28.6. The summed E-state index contributed by atoms with van der Waals surface area (Å²) in [7, 11) is 1.80. The number of nitrogens with one attached hydrogen (secondary N) is 3. The highest BCUT2D eigenvalue weighted by Gasteiger charge is 2.12. The van der Waals surface area contributed by atoms with Gasteiger partial charge in [-0.25, -0.2) is 0 Å². The zero-order valence-electron chi connectivity index (χ0n) is 20.0. The zero-order valence-corrected chi connectivity index (χ0v) is 22.3. The fourth-order valence-electron chi connectivity index (χ4n) is 3.66. The highest BCUT2D eigenvalue weighted by atomic mass is 127. The standard InChI is InChI=1S/C24H41N5O2.HI/c1-4-6-8-20(5-2)18-26-24(25-3)27-19-21-9-7-10-22(17-21)28-23(30)11-12-29-13-15-31-16-14-29;/h7,9-10,17,20H,4-6,8,11-16,18-19H2,1-3H3,(H,28,30)(H2,25,26,27);1H. The maximum absolute atomic E-state index is 12.3. The van der Waals surface area contributed by atoms with Crippen LogP contribution in [0.4, 0.5) is 5.69 Å². The molecule has 0 radical (unpaired) electrons. The van der Waals surface area contributed by atoms with Gasteiger partial charge in [-0.3, -0.25) is 14.7 Å². The predicted molar refractivity (Wildman–Crippen MR) is 144 cm³/mol. The van der Waals surface area contributed by atoms with Gasteiger partial charge >= 0.3 is 0 Å². The third-order valence-corrected chi connectivity index (χ3v) is 5.75. The SMILES string of the molecule is CCCCC(CC)CNC(=NC)NCc1cccc(NC(=O)CCN2CCOCC2)c1.I. The zero-order chi connectivity index (χ0) is 22.3. The summed E-state index contributed by atoms with van der Waals surface area (Å²) in [5.41, 5.74) is 1.94. The van der Waals surface area contributed by atoms with Gasteiger partial charge in [0.2, 0.25) is 5.91 Å². The molecule has 8 heteroatoms. The van der Waals surface area contributed by atoms with E-state index in [1.165, 1.54) is 25.7 Å². The molecule has 0 saturated carbocycles. The van der Waals surface area contributed by atoms with Gasteiger partial charge in [0.15, 0.2) is 5.96 Å². The number of carbonyl (C=O) groups is 1. The Morgan fingerprint density at radius 3 is 2.69 bits per heavy atom. The number of aliphatic imine (C=N–C) groups is 1. The molecule has 1 fully saturated rings. The summed E-state index contributed by atoms with van der Waals surface area (Å²) in [5.74, 6) is 1.54. The van der Waals surface area contributed by atoms with Gasteiger partial charge in [-0.05, 0) is 30.0 Å². The highest BCUT2D eigenvalue weighted by Crippen LogP contribution is 2.12. The van der Waals surface area contributed by atoms with Crippen molar-refractivity contribution in [3.8, 4) is 0 Å². The first-order chi connectivity index (χ1) is 15.1. The number of guanidine groups is 1. The molecule has 1 aromatic carbocycles. The minimum Gasteiger partial charge on any atom is -0.379 e. The molecule has 32 heavy (non-hydrogen) atoms. The monoisotopic (exact) mass is 559 g/mol. The van der Waals surface area contributed by atoms with Crippen LogP contribution < -0.4 is 16.0 Å². The molecule has 0 aromatic heterocycles. The van der Waals surface area contributed by atoms with Crippen molar-refractivity contribution in [3.05, 3.63) is 29.8 Å². The van der Waals surface area contributed by atoms with Gasteiger partial charge in [-0.1, -0.05) is 45.2 Å². The Labute approximate surface area is 211 Å². The topological polar surface area (TPSA) is 78.0 Å². The van der Waals surface area contributed by atoms with Crippen molar-refractivity contribution in [2.24, 2.45) is 10.9 Å². The van der Waals surface area contributed by atoms with Gasteiger partial charge in [0.05, 0.1) is 13.2 Å². The Hall–Kier alpha value is -1.39. The van der Waals surface area contributed by atoms with Gasteiger partial charge in [0.1, 0.15) is 0 Å². The van der Waals surface area contributed by atoms with E-state index in [2.05, 4.69) is 45.8 Å². The number of amides is 1. The molecule has 1 amide bonds. The van der Waals surface area contributed by atoms with Gasteiger partial charge in [-0.15, -0.1) is 24.0 Å². The Morgan fingerprint density at radius 1 is 1.22 bits per heavy atom. The number of hydrogen-bond acceptors (Lipinski definition) is 4. The lowest BCUT2D eigenvalue weighted by molar-refractivity contribution is -0.116. The molecule has 0 aliphatic carbocycles. The maximum atomic E-state index is 12.3. The second kappa shape index (κ2) is 17.1. The number of hydrogen-bond donors (Lipinski definition) is 3. The van der Waals surface area contributed by atoms with Crippen molar-refractivity contribution in [2.45, 2.75) is 52.5 Å². The molecule has 2 rings (SSSR count). The van der Waals surface area contributed by atoms with Gasteiger partial charge in [0, 0.05) is 51.9 Å². The summed E-state index contributed by atoms with van der Waals surface area (Å²) in [6.07, 6.45) is 5.44. The second-order valence-corrected chi connectivity index (χ2v) is 8.18. The van der Waals surface area contributed by atoms with Crippen LogP contribution >= 0.6 is 24.0 Å². The average molecular weight is 560 g/mol. The van der Waals surface area contributed by atoms with Crippen molar-refractivity contribution in [1.29, 1.82) is 0 Å². The number of nitrogens with zero attached hydrogens (tertiary/aromatic N) is 2. The molecule has 7 nitrogen and oxygen atoms in total. The Balaban J connectivity index is 0.00000512. The molecular formula is C24H42IN5O2. The first-order valence-corrected chi connectivity index (χ1v) is 11.8. The highest BCUT2D eigenvalue weighted by molar-refractivity contribution is 14.0. The van der Waals surface area contributed by atoms with Crippen LogP contribution in [0.3, 0.4) is 0 Å². The fraction of sp³-hybridized carbons (Fsp3) is 0.667. The van der Waals surface area contributed by atoms with Crippen LogP contribution in [0.5, 0.6) is 0 Å². The minimum atomic E-state index is 0. The molecule has 0 bridgehead atoms. The number of rotatable bonds is 12. The molecule has 3 N–H and O–H groups in total. The molecule has 182 valence electrons. The van der Waals surface area contributed by atoms with E-state index in [4.69, 9.17) is 4.74 Å². The Kier molecular flexibility index (Phi) is 15.3. The Morgan fingerprint density at radius 2 is 2.00 bits per heavy atom.